The van der Waals surface area contributed by atoms with E-state index >= 15 is 0 Å². The Morgan fingerprint density at radius 2 is 1.64 bits per heavy atom. The number of amidine groups is 1. The zero-order valence-electron chi connectivity index (χ0n) is 6.20. The van der Waals surface area contributed by atoms with Crippen LogP contribution in [0.3, 0.4) is 0 Å². The topological polar surface area (TPSA) is 96.0 Å². The van der Waals surface area contributed by atoms with Gasteiger partial charge in [0.2, 0.25) is 6.34 Å². The maximum Gasteiger partial charge on any atom is 0.494 e. The molecule has 0 spiro atoms. The molecule has 0 amide bonds. The van der Waals surface area contributed by atoms with Crippen molar-refractivity contribution in [3.8, 4) is 0 Å². The van der Waals surface area contributed by atoms with E-state index in [9.17, 15) is 24.6 Å². The fourth-order valence-electron chi connectivity index (χ4n) is 0.650. The van der Waals surface area contributed by atoms with E-state index in [-0.39, 0.29) is 0 Å². The van der Waals surface area contributed by atoms with Gasteiger partial charge in [0.1, 0.15) is 6.21 Å². The molecule has 0 fully saturated rings. The molecule has 1 heterocycles. The van der Waals surface area contributed by atoms with Gasteiger partial charge in [0.05, 0.1) is 0 Å². The molecule has 0 aromatic heterocycles. The number of hydrogen-bond acceptors (Lipinski definition) is 5. The summed E-state index contributed by atoms with van der Waals surface area (Å²) in [5, 5.41) is 0. The van der Waals surface area contributed by atoms with Crippen LogP contribution in [0.15, 0.2) is 9.98 Å². The van der Waals surface area contributed by atoms with Crippen LogP contribution in [0.25, 0.3) is 0 Å². The van der Waals surface area contributed by atoms with Crippen LogP contribution < -0.4 is 0 Å². The lowest BCUT2D eigenvalue weighted by molar-refractivity contribution is -0.193. The molecule has 14 heavy (non-hydrogen) atoms. The third kappa shape index (κ3) is 2.17. The number of rotatable bonds is 2. The smallest absolute Gasteiger partial charge is 0.212 e. The third-order valence-electron chi connectivity index (χ3n) is 1.03. The minimum Gasteiger partial charge on any atom is -0.212 e. The first-order chi connectivity index (χ1) is 6.23. The summed E-state index contributed by atoms with van der Waals surface area (Å²) in [6.07, 6.45) is 1.31. The summed E-state index contributed by atoms with van der Waals surface area (Å²) in [7, 11) is -11.6. The van der Waals surface area contributed by atoms with Crippen LogP contribution in [0, 0.1) is 0 Å². The summed E-state index contributed by atoms with van der Waals surface area (Å²) >= 11 is 0. The van der Waals surface area contributed by atoms with Gasteiger partial charge < -0.3 is 0 Å². The molecule has 0 saturated heterocycles. The summed E-state index contributed by atoms with van der Waals surface area (Å²) in [5.41, 5.74) is 0. The van der Waals surface area contributed by atoms with Gasteiger partial charge in [0.25, 0.3) is 0 Å². The van der Waals surface area contributed by atoms with Crippen LogP contribution in [-0.2, 0) is 20.8 Å². The minimum absolute atomic E-state index is 0.578. The monoisotopic (exact) mass is 246 g/mol. The molecule has 0 bridgehead atoms. The van der Waals surface area contributed by atoms with Gasteiger partial charge in [-0.1, -0.05) is 7.77 Å². The highest BCUT2D eigenvalue weighted by molar-refractivity contribution is 7.92. The molecule has 78 valence electrons. The molecule has 1 aliphatic heterocycles. The Hall–Kier alpha value is -1.23. The summed E-state index contributed by atoms with van der Waals surface area (Å²) in [6.45, 7) is 0. The van der Waals surface area contributed by atoms with E-state index in [2.05, 4.69) is 9.98 Å². The average molecular weight is 246 g/mol. The molecule has 0 aromatic carbocycles. The van der Waals surface area contributed by atoms with Crippen molar-refractivity contribution in [1.82, 2.24) is 0 Å². The Bertz CT molecular complexity index is 494. The van der Waals surface area contributed by atoms with E-state index < -0.39 is 30.0 Å². The zero-order valence-corrected chi connectivity index (χ0v) is 7.83. The highest BCUT2D eigenvalue weighted by Gasteiger charge is 2.39. The largest absolute Gasteiger partial charge is 0.494 e. The zero-order chi connectivity index (χ0) is 11.0. The molecule has 1 aliphatic rings. The van der Waals surface area contributed by atoms with Crippen molar-refractivity contribution >= 4 is 39.2 Å². The molecule has 0 radical (unpaired) electrons. The van der Waals surface area contributed by atoms with Crippen molar-refractivity contribution in [3.05, 3.63) is 0 Å². The highest BCUT2D eigenvalue weighted by atomic mass is 32.3. The second kappa shape index (κ2) is 3.16. The Morgan fingerprint density at radius 3 is 1.93 bits per heavy atom. The maximum absolute atomic E-state index is 12.3. The molecule has 7 nitrogen and oxygen atoms in total. The number of aliphatic imine (C=N–C) groups is 2. The lowest BCUT2D eigenvalue weighted by Crippen LogP contribution is -2.27. The Morgan fingerprint density at radius 1 is 1.14 bits per heavy atom. The fraction of sp³-hybridized carbons (Fsp3) is 0. The van der Waals surface area contributed by atoms with E-state index in [0.717, 1.165) is 6.34 Å². The Balaban J connectivity index is 3.59. The van der Waals surface area contributed by atoms with Crippen molar-refractivity contribution in [2.45, 2.75) is 0 Å². The van der Waals surface area contributed by atoms with Crippen LogP contribution in [0.5, 0.6) is 0 Å². The van der Waals surface area contributed by atoms with Gasteiger partial charge in [-0.2, -0.15) is 16.8 Å². The lowest BCUT2D eigenvalue weighted by Gasteiger charge is -1.92. The first-order valence-corrected chi connectivity index (χ1v) is 5.53. The summed E-state index contributed by atoms with van der Waals surface area (Å²) in [5.74, 6) is -0.977. The fourth-order valence-corrected chi connectivity index (χ4v) is 2.14. The lowest BCUT2D eigenvalue weighted by atomic mass is 10.7. The molecule has 1 rings (SSSR count). The van der Waals surface area contributed by atoms with Crippen molar-refractivity contribution in [1.29, 1.82) is 0 Å². The first-order valence-electron chi connectivity index (χ1n) is 2.85. The van der Waals surface area contributed by atoms with Gasteiger partial charge in [-0.3, -0.25) is 0 Å². The average Bonchev–Trinajstić information content (AvgIpc) is 2.31. The van der Waals surface area contributed by atoms with E-state index in [1.54, 1.807) is 0 Å². The van der Waals surface area contributed by atoms with E-state index in [1.165, 1.54) is 0 Å². The highest BCUT2D eigenvalue weighted by Crippen LogP contribution is 2.06. The van der Waals surface area contributed by atoms with Crippen LogP contribution >= 0.6 is 0 Å². The molecule has 11 heteroatoms. The van der Waals surface area contributed by atoms with Crippen molar-refractivity contribution in [3.63, 3.8) is 0 Å². The normalized spacial score (nSPS) is 16.3. The predicted molar refractivity (Wildman–Crippen MR) is 42.3 cm³/mol. The first kappa shape index (κ1) is 10.8. The summed E-state index contributed by atoms with van der Waals surface area (Å²) in [4.78, 5) is 6.18. The van der Waals surface area contributed by atoms with Crippen LogP contribution in [0.4, 0.5) is 7.77 Å². The molecular weight excluding hydrogens is 244 g/mol. The number of nitrogens with zero attached hydrogens (tertiary/aromatic N) is 3. The quantitative estimate of drug-likeness (QED) is 0.458. The van der Waals surface area contributed by atoms with Crippen molar-refractivity contribution in [2.24, 2.45) is 9.98 Å². The number of halogens is 2. The Labute approximate surface area is 77.8 Å². The van der Waals surface area contributed by atoms with Gasteiger partial charge >= 0.3 is 26.7 Å². The van der Waals surface area contributed by atoms with E-state index in [0.29, 0.717) is 6.21 Å². The molecular formula is C3H2F2N3O4S2+. The van der Waals surface area contributed by atoms with Gasteiger partial charge in [-0.25, -0.2) is 4.99 Å². The summed E-state index contributed by atoms with van der Waals surface area (Å²) in [6, 6.07) is 0. The molecule has 0 unspecified atom stereocenters. The van der Waals surface area contributed by atoms with Crippen LogP contribution in [-0.4, -0.2) is 38.6 Å². The second-order valence-corrected chi connectivity index (χ2v) is 4.57. The van der Waals surface area contributed by atoms with Crippen molar-refractivity contribution in [2.75, 3.05) is 0 Å². The molecule has 0 atom stereocenters. The van der Waals surface area contributed by atoms with Gasteiger partial charge in [0.15, 0.2) is 0 Å². The SMILES string of the molecule is O=S(=O)(F)[N+](=C1C=NC=N1)S(=O)(=O)F. The maximum atomic E-state index is 12.3. The molecule has 0 saturated carbocycles. The molecule has 0 aromatic rings. The predicted octanol–water partition coefficient (Wildman–Crippen LogP) is -1.06. The third-order valence-corrected chi connectivity index (χ3v) is 3.26. The van der Waals surface area contributed by atoms with E-state index in [4.69, 9.17) is 0 Å². The van der Waals surface area contributed by atoms with Crippen LogP contribution in [0.2, 0.25) is 0 Å². The number of hydrogen-bond donors (Lipinski definition) is 0. The molecule has 0 aliphatic carbocycles. The standard InChI is InChI=1S/C3H2F2N3O4S2/c4-13(9,10)8(14(5,11)12)3-1-6-2-7-3/h1-2H/q+1. The Kier molecular flexibility index (Phi) is 2.45. The molecule has 0 N–H and O–H groups in total. The summed E-state index contributed by atoms with van der Waals surface area (Å²) < 4.78 is 64.5. The van der Waals surface area contributed by atoms with Crippen molar-refractivity contribution < 1.29 is 28.0 Å². The van der Waals surface area contributed by atoms with Gasteiger partial charge in [-0.15, -0.1) is 0 Å². The van der Waals surface area contributed by atoms with E-state index in [1.807, 2.05) is 0 Å². The van der Waals surface area contributed by atoms with Crippen LogP contribution in [0.1, 0.15) is 0 Å². The van der Waals surface area contributed by atoms with Gasteiger partial charge in [0, 0.05) is 3.39 Å². The second-order valence-electron chi connectivity index (χ2n) is 1.96. The minimum atomic E-state index is -5.78. The van der Waals surface area contributed by atoms with Gasteiger partial charge in [-0.05, 0) is 4.99 Å².